The standard InChI is InChI=1S/C37H26Br2Cl2N4O/c38-25-5-11-34-30(17-25)32(21-44(34)19-23-1-7-27(40)8-2-23)36(37(46)43-29-13-15-42-16-14-29)33-22-45(20-24-3-9-28(41)10-4-24)35-12-6-26(39)18-31(33)35/h1-18,21-22,36H,19-20H2,(H,42,43,46). The van der Waals surface area contributed by atoms with Crippen LogP contribution in [0.3, 0.4) is 0 Å². The number of aromatic nitrogens is 3. The molecule has 0 bridgehead atoms. The van der Waals surface area contributed by atoms with Gasteiger partial charge in [-0.1, -0.05) is 79.3 Å². The first-order valence-electron chi connectivity index (χ1n) is 14.6. The minimum atomic E-state index is -0.639. The lowest BCUT2D eigenvalue weighted by atomic mass is 9.89. The molecule has 5 nitrogen and oxygen atoms in total. The summed E-state index contributed by atoms with van der Waals surface area (Å²) in [6, 6.07) is 31.8. The molecule has 9 heteroatoms. The zero-order valence-corrected chi connectivity index (χ0v) is 29.0. The molecule has 0 fully saturated rings. The molecule has 0 spiro atoms. The van der Waals surface area contributed by atoms with E-state index in [9.17, 15) is 4.79 Å². The fourth-order valence-electron chi connectivity index (χ4n) is 5.99. The predicted octanol–water partition coefficient (Wildman–Crippen LogP) is 10.7. The van der Waals surface area contributed by atoms with Crippen LogP contribution in [0.15, 0.2) is 131 Å². The maximum absolute atomic E-state index is 14.6. The topological polar surface area (TPSA) is 51.9 Å². The normalized spacial score (nSPS) is 11.5. The summed E-state index contributed by atoms with van der Waals surface area (Å²) in [5.74, 6) is -0.776. The van der Waals surface area contributed by atoms with Crippen LogP contribution in [0.4, 0.5) is 5.69 Å². The number of nitrogens with zero attached hydrogens (tertiary/aromatic N) is 3. The first-order chi connectivity index (χ1) is 22.3. The van der Waals surface area contributed by atoms with Crippen LogP contribution in [-0.4, -0.2) is 20.0 Å². The van der Waals surface area contributed by atoms with Crippen molar-refractivity contribution in [2.24, 2.45) is 0 Å². The minimum Gasteiger partial charge on any atom is -0.343 e. The summed E-state index contributed by atoms with van der Waals surface area (Å²) < 4.78 is 6.28. The molecule has 0 saturated carbocycles. The second kappa shape index (κ2) is 13.1. The van der Waals surface area contributed by atoms with E-state index in [0.29, 0.717) is 28.8 Å². The predicted molar refractivity (Wildman–Crippen MR) is 195 cm³/mol. The fraction of sp³-hybridized carbons (Fsp3) is 0.0811. The van der Waals surface area contributed by atoms with Crippen molar-refractivity contribution in [2.45, 2.75) is 19.0 Å². The van der Waals surface area contributed by atoms with Crippen LogP contribution in [0.5, 0.6) is 0 Å². The highest BCUT2D eigenvalue weighted by Crippen LogP contribution is 2.40. The van der Waals surface area contributed by atoms with Gasteiger partial charge in [0.2, 0.25) is 5.91 Å². The molecule has 3 heterocycles. The van der Waals surface area contributed by atoms with Crippen LogP contribution >= 0.6 is 55.1 Å². The summed E-state index contributed by atoms with van der Waals surface area (Å²) in [6.07, 6.45) is 7.58. The van der Waals surface area contributed by atoms with E-state index in [0.717, 1.165) is 53.0 Å². The highest BCUT2D eigenvalue weighted by atomic mass is 79.9. The van der Waals surface area contributed by atoms with E-state index >= 15 is 0 Å². The smallest absolute Gasteiger partial charge is 0.236 e. The Morgan fingerprint density at radius 1 is 0.674 bits per heavy atom. The van der Waals surface area contributed by atoms with Gasteiger partial charge in [-0.3, -0.25) is 9.78 Å². The van der Waals surface area contributed by atoms with Gasteiger partial charge in [0.1, 0.15) is 0 Å². The number of fused-ring (bicyclic) bond motifs is 2. The first-order valence-corrected chi connectivity index (χ1v) is 16.9. The maximum Gasteiger partial charge on any atom is 0.236 e. The molecule has 228 valence electrons. The van der Waals surface area contributed by atoms with Crippen molar-refractivity contribution in [3.05, 3.63) is 163 Å². The molecule has 0 radical (unpaired) electrons. The number of anilines is 1. The Morgan fingerprint density at radius 2 is 1.13 bits per heavy atom. The zero-order valence-electron chi connectivity index (χ0n) is 24.3. The number of hydrogen-bond acceptors (Lipinski definition) is 2. The van der Waals surface area contributed by atoms with E-state index in [2.05, 4.69) is 88.0 Å². The second-order valence-electron chi connectivity index (χ2n) is 11.2. The van der Waals surface area contributed by atoms with Crippen LogP contribution < -0.4 is 5.32 Å². The molecule has 46 heavy (non-hydrogen) atoms. The molecule has 4 aromatic carbocycles. The number of carbonyl (C=O) groups excluding carboxylic acids is 1. The summed E-state index contributed by atoms with van der Waals surface area (Å²) in [4.78, 5) is 18.7. The molecular weight excluding hydrogens is 747 g/mol. The molecule has 1 amide bonds. The van der Waals surface area contributed by atoms with Crippen molar-refractivity contribution in [1.82, 2.24) is 14.1 Å². The van der Waals surface area contributed by atoms with Crippen LogP contribution in [0.25, 0.3) is 21.8 Å². The van der Waals surface area contributed by atoms with Crippen LogP contribution in [-0.2, 0) is 17.9 Å². The number of nitrogens with one attached hydrogen (secondary N) is 1. The summed E-state index contributed by atoms with van der Waals surface area (Å²) >= 11 is 19.8. The summed E-state index contributed by atoms with van der Waals surface area (Å²) in [5.41, 5.74) is 6.77. The number of carbonyl (C=O) groups is 1. The Hall–Kier alpha value is -3.88. The van der Waals surface area contributed by atoms with E-state index < -0.39 is 5.92 Å². The summed E-state index contributed by atoms with van der Waals surface area (Å²) in [5, 5.41) is 6.55. The monoisotopic (exact) mass is 770 g/mol. The van der Waals surface area contributed by atoms with Gasteiger partial charge < -0.3 is 14.5 Å². The van der Waals surface area contributed by atoms with Gasteiger partial charge in [0, 0.05) is 84.4 Å². The lowest BCUT2D eigenvalue weighted by Crippen LogP contribution is -2.22. The van der Waals surface area contributed by atoms with Crippen molar-refractivity contribution in [3.63, 3.8) is 0 Å². The van der Waals surface area contributed by atoms with Gasteiger partial charge >= 0.3 is 0 Å². The van der Waals surface area contributed by atoms with E-state index in [4.69, 9.17) is 23.2 Å². The molecule has 0 aliphatic carbocycles. The van der Waals surface area contributed by atoms with Gasteiger partial charge in [0.25, 0.3) is 0 Å². The van der Waals surface area contributed by atoms with E-state index in [1.807, 2.05) is 60.7 Å². The van der Waals surface area contributed by atoms with Crippen LogP contribution in [0.2, 0.25) is 10.0 Å². The van der Waals surface area contributed by atoms with E-state index in [1.54, 1.807) is 24.5 Å². The van der Waals surface area contributed by atoms with Crippen molar-refractivity contribution in [2.75, 3.05) is 5.32 Å². The highest BCUT2D eigenvalue weighted by Gasteiger charge is 2.30. The van der Waals surface area contributed by atoms with Crippen molar-refractivity contribution < 1.29 is 4.79 Å². The van der Waals surface area contributed by atoms with Crippen LogP contribution in [0.1, 0.15) is 28.2 Å². The number of rotatable bonds is 8. The molecule has 0 unspecified atom stereocenters. The fourth-order valence-corrected chi connectivity index (χ4v) is 6.96. The number of halogens is 4. The van der Waals surface area contributed by atoms with Crippen molar-refractivity contribution in [1.29, 1.82) is 0 Å². The average molecular weight is 773 g/mol. The minimum absolute atomic E-state index is 0.137. The molecule has 0 atom stereocenters. The van der Waals surface area contributed by atoms with Gasteiger partial charge in [-0.15, -0.1) is 0 Å². The van der Waals surface area contributed by atoms with Crippen molar-refractivity contribution >= 4 is 88.5 Å². The molecule has 0 saturated heterocycles. The van der Waals surface area contributed by atoms with Gasteiger partial charge in [-0.2, -0.15) is 0 Å². The third kappa shape index (κ3) is 6.38. The molecular formula is C37H26Br2Cl2N4O. The van der Waals surface area contributed by atoms with Gasteiger partial charge in [-0.05, 0) is 95.1 Å². The Kier molecular flexibility index (Phi) is 8.75. The Morgan fingerprint density at radius 3 is 1.59 bits per heavy atom. The largest absolute Gasteiger partial charge is 0.343 e. The lowest BCUT2D eigenvalue weighted by Gasteiger charge is -2.17. The zero-order chi connectivity index (χ0) is 31.8. The SMILES string of the molecule is O=C(Nc1ccncc1)C(c1cn(Cc2ccc(Cl)cc2)c2ccc(Br)cc12)c1cn(Cc2ccc(Cl)cc2)c2ccc(Br)cc12. The Bertz CT molecular complexity index is 2060. The third-order valence-corrected chi connectivity index (χ3v) is 9.60. The molecule has 0 aliphatic heterocycles. The van der Waals surface area contributed by atoms with Crippen molar-refractivity contribution in [3.8, 4) is 0 Å². The average Bonchev–Trinajstić information content (AvgIpc) is 3.57. The number of benzene rings is 4. The molecule has 7 aromatic rings. The molecule has 1 N–H and O–H groups in total. The van der Waals surface area contributed by atoms with Gasteiger partial charge in [0.15, 0.2) is 0 Å². The van der Waals surface area contributed by atoms with Gasteiger partial charge in [0.05, 0.1) is 5.92 Å². The van der Waals surface area contributed by atoms with Crippen LogP contribution in [0, 0.1) is 0 Å². The number of pyridine rings is 1. The van der Waals surface area contributed by atoms with E-state index in [1.165, 1.54) is 0 Å². The highest BCUT2D eigenvalue weighted by molar-refractivity contribution is 9.10. The number of hydrogen-bond donors (Lipinski definition) is 1. The summed E-state index contributed by atoms with van der Waals surface area (Å²) in [7, 11) is 0. The third-order valence-electron chi connectivity index (χ3n) is 8.11. The number of amides is 1. The summed E-state index contributed by atoms with van der Waals surface area (Å²) in [6.45, 7) is 1.25. The van der Waals surface area contributed by atoms with E-state index in [-0.39, 0.29) is 5.91 Å². The second-order valence-corrected chi connectivity index (χ2v) is 13.9. The molecule has 3 aromatic heterocycles. The molecule has 7 rings (SSSR count). The van der Waals surface area contributed by atoms with Gasteiger partial charge in [-0.25, -0.2) is 0 Å². The lowest BCUT2D eigenvalue weighted by molar-refractivity contribution is -0.116. The Balaban J connectivity index is 1.42. The quantitative estimate of drug-likeness (QED) is 0.167. The molecule has 0 aliphatic rings. The first kappa shape index (κ1) is 30.8. The Labute approximate surface area is 293 Å². The maximum atomic E-state index is 14.6.